The van der Waals surface area contributed by atoms with Gasteiger partial charge in [-0.1, -0.05) is 6.08 Å². The first-order valence-corrected chi connectivity index (χ1v) is 3.90. The zero-order chi connectivity index (χ0) is 9.14. The number of nitrogen functional groups attached to an aromatic ring is 2. The van der Waals surface area contributed by atoms with E-state index in [4.69, 9.17) is 11.5 Å². The molecule has 0 amide bonds. The molecule has 0 fully saturated rings. The number of hydrogen-bond donors (Lipinski definition) is 2. The minimum Gasteiger partial charge on any atom is -0.399 e. The van der Waals surface area contributed by atoms with E-state index in [1.807, 2.05) is 19.1 Å². The van der Waals surface area contributed by atoms with E-state index in [-0.39, 0.29) is 0 Å². The molecule has 4 N–H and O–H groups in total. The summed E-state index contributed by atoms with van der Waals surface area (Å²) in [4.78, 5) is 0. The predicted molar refractivity (Wildman–Crippen MR) is 53.9 cm³/mol. The van der Waals surface area contributed by atoms with Crippen molar-refractivity contribution in [2.45, 2.75) is 13.3 Å². The normalized spacial score (nSPS) is 9.75. The van der Waals surface area contributed by atoms with Gasteiger partial charge < -0.3 is 11.5 Å². The molecule has 2 heteroatoms. The van der Waals surface area contributed by atoms with Crippen LogP contribution in [0.2, 0.25) is 0 Å². The Morgan fingerprint density at radius 2 is 2.08 bits per heavy atom. The number of anilines is 2. The molecule has 0 unspecified atom stereocenters. The number of allylic oxidation sites excluding steroid dienone is 1. The van der Waals surface area contributed by atoms with E-state index in [0.717, 1.165) is 28.9 Å². The maximum atomic E-state index is 5.74. The van der Waals surface area contributed by atoms with Gasteiger partial charge in [0.15, 0.2) is 0 Å². The molecule has 0 aliphatic heterocycles. The van der Waals surface area contributed by atoms with E-state index in [2.05, 4.69) is 6.58 Å². The third-order valence-corrected chi connectivity index (χ3v) is 1.94. The van der Waals surface area contributed by atoms with Crippen LogP contribution < -0.4 is 11.5 Å². The Labute approximate surface area is 72.9 Å². The Hall–Kier alpha value is -1.44. The van der Waals surface area contributed by atoms with E-state index >= 15 is 0 Å². The maximum Gasteiger partial charge on any atom is 0.0367 e. The van der Waals surface area contributed by atoms with Crippen molar-refractivity contribution in [2.24, 2.45) is 0 Å². The van der Waals surface area contributed by atoms with E-state index in [1.54, 1.807) is 6.07 Å². The first kappa shape index (κ1) is 8.65. The molecule has 0 spiro atoms. The Kier molecular flexibility index (Phi) is 2.38. The lowest BCUT2D eigenvalue weighted by atomic mass is 10.0. The number of hydrogen-bond acceptors (Lipinski definition) is 2. The van der Waals surface area contributed by atoms with Gasteiger partial charge in [-0.15, -0.1) is 6.58 Å². The molecule has 2 nitrogen and oxygen atoms in total. The third-order valence-electron chi connectivity index (χ3n) is 1.94. The Balaban J connectivity index is 3.17. The summed E-state index contributed by atoms with van der Waals surface area (Å²) in [6, 6.07) is 3.72. The summed E-state index contributed by atoms with van der Waals surface area (Å²) in [5, 5.41) is 0. The van der Waals surface area contributed by atoms with Gasteiger partial charge >= 0.3 is 0 Å². The fourth-order valence-corrected chi connectivity index (χ4v) is 1.19. The average Bonchev–Trinajstić information content (AvgIpc) is 2.00. The number of nitrogens with two attached hydrogens (primary N) is 2. The van der Waals surface area contributed by atoms with Gasteiger partial charge in [-0.25, -0.2) is 0 Å². The molecule has 0 atom stereocenters. The summed E-state index contributed by atoms with van der Waals surface area (Å²) >= 11 is 0. The molecule has 12 heavy (non-hydrogen) atoms. The summed E-state index contributed by atoms with van der Waals surface area (Å²) in [7, 11) is 0. The van der Waals surface area contributed by atoms with Crippen LogP contribution in [0, 0.1) is 6.92 Å². The average molecular weight is 162 g/mol. The van der Waals surface area contributed by atoms with Crippen LogP contribution in [-0.2, 0) is 6.42 Å². The molecule has 0 saturated carbocycles. The lowest BCUT2D eigenvalue weighted by Gasteiger charge is -2.07. The van der Waals surface area contributed by atoms with Crippen molar-refractivity contribution in [3.63, 3.8) is 0 Å². The number of benzene rings is 1. The van der Waals surface area contributed by atoms with Crippen LogP contribution in [0.25, 0.3) is 0 Å². The first-order chi connectivity index (χ1) is 5.65. The second-order valence-corrected chi connectivity index (χ2v) is 2.89. The summed E-state index contributed by atoms with van der Waals surface area (Å²) in [6.45, 7) is 5.67. The maximum absolute atomic E-state index is 5.74. The molecular formula is C10H14N2. The minimum absolute atomic E-state index is 0.718. The monoisotopic (exact) mass is 162 g/mol. The Morgan fingerprint density at radius 3 is 2.67 bits per heavy atom. The molecule has 1 aromatic rings. The van der Waals surface area contributed by atoms with Crippen LogP contribution in [0.15, 0.2) is 24.8 Å². The summed E-state index contributed by atoms with van der Waals surface area (Å²) in [5.41, 5.74) is 15.1. The molecule has 0 aromatic heterocycles. The Morgan fingerprint density at radius 1 is 1.42 bits per heavy atom. The van der Waals surface area contributed by atoms with Crippen molar-refractivity contribution in [1.82, 2.24) is 0 Å². The summed E-state index contributed by atoms with van der Waals surface area (Å²) < 4.78 is 0. The fourth-order valence-electron chi connectivity index (χ4n) is 1.19. The second-order valence-electron chi connectivity index (χ2n) is 2.89. The van der Waals surface area contributed by atoms with Gasteiger partial charge in [0.05, 0.1) is 0 Å². The molecule has 0 heterocycles. The van der Waals surface area contributed by atoms with E-state index in [0.29, 0.717) is 0 Å². The van der Waals surface area contributed by atoms with Gasteiger partial charge in [0.2, 0.25) is 0 Å². The van der Waals surface area contributed by atoms with Gasteiger partial charge in [-0.3, -0.25) is 0 Å². The van der Waals surface area contributed by atoms with Gasteiger partial charge in [-0.2, -0.15) is 0 Å². The van der Waals surface area contributed by atoms with Crippen molar-refractivity contribution in [3.05, 3.63) is 35.9 Å². The van der Waals surface area contributed by atoms with Crippen molar-refractivity contribution in [2.75, 3.05) is 11.5 Å². The van der Waals surface area contributed by atoms with Crippen molar-refractivity contribution >= 4 is 11.4 Å². The van der Waals surface area contributed by atoms with Crippen LogP contribution in [0.1, 0.15) is 11.1 Å². The van der Waals surface area contributed by atoms with E-state index < -0.39 is 0 Å². The zero-order valence-corrected chi connectivity index (χ0v) is 7.30. The smallest absolute Gasteiger partial charge is 0.0367 e. The van der Waals surface area contributed by atoms with Crippen LogP contribution in [0.3, 0.4) is 0 Å². The van der Waals surface area contributed by atoms with Crippen molar-refractivity contribution in [3.8, 4) is 0 Å². The molecule has 0 radical (unpaired) electrons. The molecule has 64 valence electrons. The SMILES string of the molecule is C=CCc1cc(N)cc(N)c1C. The van der Waals surface area contributed by atoms with Crippen LogP contribution in [-0.4, -0.2) is 0 Å². The molecule has 1 rings (SSSR count). The molecule has 1 aromatic carbocycles. The minimum atomic E-state index is 0.718. The van der Waals surface area contributed by atoms with Gasteiger partial charge in [0, 0.05) is 11.4 Å². The standard InChI is InChI=1S/C10H14N2/c1-3-4-8-5-9(11)6-10(12)7(8)2/h3,5-6H,1,4,11-12H2,2H3. The van der Waals surface area contributed by atoms with Crippen molar-refractivity contribution < 1.29 is 0 Å². The predicted octanol–water partition coefficient (Wildman–Crippen LogP) is 1.89. The molecule has 0 aliphatic carbocycles. The second kappa shape index (κ2) is 3.30. The van der Waals surface area contributed by atoms with E-state index in [1.165, 1.54) is 0 Å². The first-order valence-electron chi connectivity index (χ1n) is 3.90. The topological polar surface area (TPSA) is 52.0 Å². The van der Waals surface area contributed by atoms with Gasteiger partial charge in [-0.05, 0) is 36.6 Å². The summed E-state index contributed by atoms with van der Waals surface area (Å²) in [6.07, 6.45) is 2.67. The third kappa shape index (κ3) is 1.59. The van der Waals surface area contributed by atoms with Gasteiger partial charge in [0.1, 0.15) is 0 Å². The summed E-state index contributed by atoms with van der Waals surface area (Å²) in [5.74, 6) is 0. The fraction of sp³-hybridized carbons (Fsp3) is 0.200. The highest BCUT2D eigenvalue weighted by molar-refractivity contribution is 5.60. The zero-order valence-electron chi connectivity index (χ0n) is 7.30. The van der Waals surface area contributed by atoms with Crippen molar-refractivity contribution in [1.29, 1.82) is 0 Å². The highest BCUT2D eigenvalue weighted by atomic mass is 14.6. The Bertz CT molecular complexity index is 303. The van der Waals surface area contributed by atoms with Gasteiger partial charge in [0.25, 0.3) is 0 Å². The lowest BCUT2D eigenvalue weighted by molar-refractivity contribution is 1.22. The quantitative estimate of drug-likeness (QED) is 0.515. The van der Waals surface area contributed by atoms with Crippen LogP contribution in [0.5, 0.6) is 0 Å². The molecular weight excluding hydrogens is 148 g/mol. The highest BCUT2D eigenvalue weighted by Gasteiger charge is 2.01. The molecule has 0 aliphatic rings. The van der Waals surface area contributed by atoms with Crippen LogP contribution >= 0.6 is 0 Å². The van der Waals surface area contributed by atoms with E-state index in [9.17, 15) is 0 Å². The molecule has 0 saturated heterocycles. The van der Waals surface area contributed by atoms with Crippen LogP contribution in [0.4, 0.5) is 11.4 Å². The number of rotatable bonds is 2. The lowest BCUT2D eigenvalue weighted by Crippen LogP contribution is -1.97. The largest absolute Gasteiger partial charge is 0.399 e. The highest BCUT2D eigenvalue weighted by Crippen LogP contribution is 2.20. The molecule has 0 bridgehead atoms.